The third-order valence-electron chi connectivity index (χ3n) is 30.3. The summed E-state index contributed by atoms with van der Waals surface area (Å²) in [5.41, 5.74) is 20.1. The zero-order valence-electron chi connectivity index (χ0n) is 75.1. The maximum Gasteiger partial charge on any atom is 0.127 e. The van der Waals surface area contributed by atoms with E-state index in [9.17, 15) is 0 Å². The molecule has 20 aromatic rings. The average molecular weight is 1760 g/mol. The highest BCUT2D eigenvalue weighted by molar-refractivity contribution is 6.12. The first-order valence-electron chi connectivity index (χ1n) is 47.4. The fourth-order valence-corrected chi connectivity index (χ4v) is 24.6. The summed E-state index contributed by atoms with van der Waals surface area (Å²) >= 11 is 0. The number of ether oxygens (including phenoxy) is 6. The van der Waals surface area contributed by atoms with E-state index in [0.717, 1.165) is 89.4 Å². The van der Waals surface area contributed by atoms with Crippen LogP contribution in [0.2, 0.25) is 0 Å². The summed E-state index contributed by atoms with van der Waals surface area (Å²) in [6.45, 7) is 7.64. The van der Waals surface area contributed by atoms with Gasteiger partial charge in [-0.2, -0.15) is 0 Å². The minimum Gasteiger partial charge on any atom is -0.466 e. The third-order valence-corrected chi connectivity index (χ3v) is 30.3. The topological polar surface area (TPSA) is 55.4 Å². The van der Waals surface area contributed by atoms with Crippen LogP contribution in [-0.4, -0.2) is 0 Å². The van der Waals surface area contributed by atoms with Crippen molar-refractivity contribution in [3.63, 3.8) is 0 Å². The van der Waals surface area contributed by atoms with E-state index < -0.39 is 16.2 Å². The first kappa shape index (κ1) is 80.8. The molecule has 7 atom stereocenters. The molecule has 0 bridgehead atoms. The van der Waals surface area contributed by atoms with E-state index in [4.69, 9.17) is 28.4 Å². The van der Waals surface area contributed by atoms with E-state index >= 15 is 0 Å². The molecule has 20 aromatic carbocycles. The Labute approximate surface area is 794 Å². The van der Waals surface area contributed by atoms with Crippen molar-refractivity contribution in [1.82, 2.24) is 0 Å². The van der Waals surface area contributed by atoms with Crippen LogP contribution in [0.25, 0.3) is 125 Å². The monoisotopic (exact) mass is 1760 g/mol. The van der Waals surface area contributed by atoms with E-state index in [-0.39, 0.29) is 29.6 Å². The molecule has 0 N–H and O–H groups in total. The van der Waals surface area contributed by atoms with E-state index in [2.05, 4.69) is 420 Å². The molecular formula is C131H90O6. The van der Waals surface area contributed by atoms with Crippen LogP contribution in [0.1, 0.15) is 90.6 Å². The van der Waals surface area contributed by atoms with E-state index in [1.54, 1.807) is 25.0 Å². The van der Waals surface area contributed by atoms with Crippen molar-refractivity contribution in [3.8, 4) is 51.0 Å². The minimum atomic E-state index is -0.689. The zero-order chi connectivity index (χ0) is 90.9. The molecule has 0 aromatic heterocycles. The Morgan fingerprint density at radius 1 is 0.277 bits per heavy atom. The highest BCUT2D eigenvalue weighted by Gasteiger charge is 2.57. The molecule has 6 unspecified atom stereocenters. The van der Waals surface area contributed by atoms with E-state index in [1.165, 1.54) is 156 Å². The van der Waals surface area contributed by atoms with Crippen LogP contribution in [-0.2, 0) is 21.0 Å². The first-order valence-corrected chi connectivity index (χ1v) is 47.4. The smallest absolute Gasteiger partial charge is 0.127 e. The highest BCUT2D eigenvalue weighted by Crippen LogP contribution is 2.68. The predicted octanol–water partition coefficient (Wildman–Crippen LogP) is 32.9. The lowest BCUT2D eigenvalue weighted by Crippen LogP contribution is -2.38. The van der Waals surface area contributed by atoms with Gasteiger partial charge in [0.05, 0.1) is 53.8 Å². The summed E-state index contributed by atoms with van der Waals surface area (Å²) in [7, 11) is 0. The second kappa shape index (κ2) is 32.7. The zero-order valence-corrected chi connectivity index (χ0v) is 75.1. The molecule has 0 aliphatic heterocycles. The second-order valence-electron chi connectivity index (χ2n) is 37.2. The molecule has 650 valence electrons. The van der Waals surface area contributed by atoms with Gasteiger partial charge >= 0.3 is 0 Å². The number of hydrogen-bond acceptors (Lipinski definition) is 6. The van der Waals surface area contributed by atoms with Gasteiger partial charge in [0.15, 0.2) is 0 Å². The fraction of sp³-hybridized carbons (Fsp3) is 0.0687. The highest BCUT2D eigenvalue weighted by atomic mass is 16.5. The minimum absolute atomic E-state index is 0.0708. The Morgan fingerprint density at radius 2 is 0.679 bits per heavy atom. The van der Waals surface area contributed by atoms with Crippen molar-refractivity contribution in [2.75, 3.05) is 0 Å². The molecule has 6 aliphatic carbocycles. The summed E-state index contributed by atoms with van der Waals surface area (Å²) in [6, 6.07) is 139. The number of allylic oxidation sites excluding steroid dienone is 10. The Hall–Kier alpha value is -17.1. The maximum atomic E-state index is 6.39. The molecule has 0 saturated heterocycles. The fourth-order valence-electron chi connectivity index (χ4n) is 24.6. The van der Waals surface area contributed by atoms with Crippen LogP contribution < -0.4 is 23.7 Å². The average Bonchev–Trinajstić information content (AvgIpc) is 1.56. The van der Waals surface area contributed by atoms with Gasteiger partial charge in [-0.05, 0) is 337 Å². The number of benzene rings is 20. The van der Waals surface area contributed by atoms with Gasteiger partial charge in [0, 0.05) is 17.8 Å². The summed E-state index contributed by atoms with van der Waals surface area (Å²) in [5.74, 6) is 5.31. The standard InChI is InChI=1S/C131H90O6/c1-3-132-106-56-39-88-71-100(50-33-94(88)77-106)129(122-65-48-83-21-5-10-26-112(83)124(122)125-113-27-11-6-22-84(113)49-66-123(125)129)101-51-34-96-79-108(58-41-89(96)72-101)134-67-17-18-68-135-109-59-42-90-73-102(52-35-97(90)80-109)130(121-32-16-15-31-117(121)118-62-45-85-23-7-12-28-114(85)126(118)130)103-53-36-98-81-110(60-43-91(98)74-103)136-69-19-20-70-137-111-61-44-93-76-105(55-38-99(93)82-111)131(104-54-37-95-78-107(133-4-2)57-40-92(95)75-104)127-115-29-13-8-24-86(115)46-63-119(127)120-64-47-87-25-9-14-30-116(87)128(120)131/h3-71,73-82,89,96,101,119,127H,1-2,72H2/b67-17+,68-18+,69-19+,70-20+/t89?,96?,101?,119?,127?,130?,131-/m1/s1. The van der Waals surface area contributed by atoms with Gasteiger partial charge < -0.3 is 28.4 Å². The molecule has 6 aliphatic rings. The van der Waals surface area contributed by atoms with Crippen molar-refractivity contribution in [1.29, 1.82) is 0 Å². The molecule has 0 amide bonds. The van der Waals surface area contributed by atoms with Crippen LogP contribution >= 0.6 is 0 Å². The van der Waals surface area contributed by atoms with Gasteiger partial charge in [0.25, 0.3) is 0 Å². The lowest BCUT2D eigenvalue weighted by Gasteiger charge is -2.43. The quantitative estimate of drug-likeness (QED) is 0.0431. The Morgan fingerprint density at radius 3 is 1.20 bits per heavy atom. The number of fused-ring (bicyclic) bond motifs is 25. The molecule has 26 rings (SSSR count). The molecule has 0 fully saturated rings. The lowest BCUT2D eigenvalue weighted by molar-refractivity contribution is 0.314. The molecular weight excluding hydrogens is 1670 g/mol. The molecule has 0 spiro atoms. The second-order valence-corrected chi connectivity index (χ2v) is 37.2. The van der Waals surface area contributed by atoms with Crippen molar-refractivity contribution in [2.24, 2.45) is 17.8 Å². The summed E-state index contributed by atoms with van der Waals surface area (Å²) in [5, 5.41) is 21.1. The molecule has 0 radical (unpaired) electrons. The van der Waals surface area contributed by atoms with Gasteiger partial charge in [-0.1, -0.05) is 329 Å². The summed E-state index contributed by atoms with van der Waals surface area (Å²) in [4.78, 5) is 0. The van der Waals surface area contributed by atoms with Crippen molar-refractivity contribution in [3.05, 3.63) is 566 Å². The predicted molar refractivity (Wildman–Crippen MR) is 562 cm³/mol. The molecule has 0 heterocycles. The molecule has 137 heavy (non-hydrogen) atoms. The molecule has 6 heteroatoms. The number of hydrogen-bond donors (Lipinski definition) is 0. The van der Waals surface area contributed by atoms with Crippen LogP contribution in [0.15, 0.2) is 493 Å². The normalized spacial score (nSPS) is 19.0. The largest absolute Gasteiger partial charge is 0.466 e. The van der Waals surface area contributed by atoms with Gasteiger partial charge in [-0.3, -0.25) is 0 Å². The van der Waals surface area contributed by atoms with Crippen molar-refractivity contribution >= 4 is 103 Å². The summed E-state index contributed by atoms with van der Waals surface area (Å²) < 4.78 is 37.0. The number of rotatable bonds is 20. The van der Waals surface area contributed by atoms with Crippen molar-refractivity contribution < 1.29 is 28.4 Å². The van der Waals surface area contributed by atoms with Crippen LogP contribution in [0.4, 0.5) is 0 Å². The Bertz CT molecular complexity index is 8680. The van der Waals surface area contributed by atoms with Crippen LogP contribution in [0.5, 0.6) is 28.7 Å². The third kappa shape index (κ3) is 13.0. The van der Waals surface area contributed by atoms with Crippen molar-refractivity contribution in [2.45, 2.75) is 34.5 Å². The van der Waals surface area contributed by atoms with E-state index in [1.807, 2.05) is 36.4 Å². The van der Waals surface area contributed by atoms with Gasteiger partial charge in [0.1, 0.15) is 34.5 Å². The molecule has 0 saturated carbocycles. The Balaban J connectivity index is 0.447. The molecule has 6 nitrogen and oxygen atoms in total. The van der Waals surface area contributed by atoms with E-state index in [0.29, 0.717) is 0 Å². The maximum absolute atomic E-state index is 6.39. The van der Waals surface area contributed by atoms with Crippen LogP contribution in [0, 0.1) is 17.8 Å². The SMILES string of the molecule is C=COc1ccc2cc(C3(C4C=CC5C=C(O/C=C/C=C/Oc6ccc7cc(C8(c9ccc%10cc(O/C=C/C=C/Oc%11ccc%12cc([C@@]%13(c%14ccc%15cc(OC=C)ccc%15c%14)c%14c(ccc%15ccccc%14%15)C%14C=Cc%15ccccc%15C%14%13)ccc%12c%11)ccc%10c9)c9ccccc9-c9ccc%10ccccc%10c98)ccc7c6)C=CC5C4)c4ccc5ccccc5c4-c4c3ccc3ccccc43)ccc2c1. The van der Waals surface area contributed by atoms with Gasteiger partial charge in [0.2, 0.25) is 0 Å². The van der Waals surface area contributed by atoms with Crippen LogP contribution in [0.3, 0.4) is 0 Å². The summed E-state index contributed by atoms with van der Waals surface area (Å²) in [6.07, 6.45) is 34.8. The Kier molecular flexibility index (Phi) is 19.3. The van der Waals surface area contributed by atoms with Gasteiger partial charge in [-0.15, -0.1) is 0 Å². The lowest BCUT2D eigenvalue weighted by atomic mass is 9.59. The first-order chi connectivity index (χ1) is 67.7. The van der Waals surface area contributed by atoms with Gasteiger partial charge in [-0.25, -0.2) is 0 Å².